The number of hydrogen-bond donors (Lipinski definition) is 1. The summed E-state index contributed by atoms with van der Waals surface area (Å²) in [6.45, 7) is -0.790. The van der Waals surface area contributed by atoms with E-state index in [1.165, 1.54) is 0 Å². The lowest BCUT2D eigenvalue weighted by molar-refractivity contribution is 0.299. The van der Waals surface area contributed by atoms with Crippen LogP contribution in [0.15, 0.2) is 12.1 Å². The molecule has 2 N–H and O–H groups in total. The number of nitrogens with two attached hydrogens (primary N) is 1. The molecule has 0 aromatic heterocycles. The van der Waals surface area contributed by atoms with E-state index in [0.717, 1.165) is 6.07 Å². The first kappa shape index (κ1) is 12.0. The summed E-state index contributed by atoms with van der Waals surface area (Å²) in [6, 6.07) is 1.51. The average molecular weight is 241 g/mol. The van der Waals surface area contributed by atoms with E-state index in [9.17, 15) is 21.6 Å². The van der Waals surface area contributed by atoms with E-state index in [1.807, 2.05) is 0 Å². The molecule has 1 aromatic rings. The molecule has 0 bridgehead atoms. The van der Waals surface area contributed by atoms with Crippen molar-refractivity contribution in [3.05, 3.63) is 35.1 Å². The predicted molar refractivity (Wildman–Crippen MR) is 44.2 cm³/mol. The molecule has 0 radical (unpaired) electrons. The van der Waals surface area contributed by atoms with Gasteiger partial charge >= 0.3 is 10.3 Å². The molecule has 0 aliphatic heterocycles. The zero-order chi connectivity index (χ0) is 11.6. The topological polar surface area (TPSA) is 69.4 Å². The SMILES string of the molecule is NS(=O)(=O)OCc1ccc(F)c(F)c1F. The first-order chi connectivity index (χ1) is 6.81. The van der Waals surface area contributed by atoms with Gasteiger partial charge in [-0.15, -0.1) is 0 Å². The van der Waals surface area contributed by atoms with Crippen molar-refractivity contribution < 1.29 is 25.8 Å². The maximum absolute atomic E-state index is 12.9. The van der Waals surface area contributed by atoms with Gasteiger partial charge < -0.3 is 0 Å². The lowest BCUT2D eigenvalue weighted by atomic mass is 10.2. The van der Waals surface area contributed by atoms with Crippen molar-refractivity contribution in [2.75, 3.05) is 0 Å². The molecule has 0 saturated heterocycles. The van der Waals surface area contributed by atoms with Gasteiger partial charge in [0.15, 0.2) is 17.5 Å². The Kier molecular flexibility index (Phi) is 3.32. The van der Waals surface area contributed by atoms with Crippen LogP contribution in [0.4, 0.5) is 13.2 Å². The number of hydrogen-bond acceptors (Lipinski definition) is 3. The molecule has 0 heterocycles. The molecule has 8 heteroatoms. The van der Waals surface area contributed by atoms with Gasteiger partial charge in [0.05, 0.1) is 6.61 Å². The highest BCUT2D eigenvalue weighted by Crippen LogP contribution is 2.16. The van der Waals surface area contributed by atoms with E-state index in [-0.39, 0.29) is 0 Å². The van der Waals surface area contributed by atoms with Crippen LogP contribution in [0, 0.1) is 17.5 Å². The number of rotatable bonds is 3. The summed E-state index contributed by atoms with van der Waals surface area (Å²) in [5.74, 6) is -4.56. The molecule has 0 amide bonds. The van der Waals surface area contributed by atoms with E-state index in [2.05, 4.69) is 9.32 Å². The molecule has 0 fully saturated rings. The third-order valence-corrected chi connectivity index (χ3v) is 1.94. The van der Waals surface area contributed by atoms with Crippen molar-refractivity contribution in [3.63, 3.8) is 0 Å². The van der Waals surface area contributed by atoms with Gasteiger partial charge in [-0.1, -0.05) is 6.07 Å². The van der Waals surface area contributed by atoms with Crippen molar-refractivity contribution in [3.8, 4) is 0 Å². The van der Waals surface area contributed by atoms with Crippen LogP contribution >= 0.6 is 0 Å². The van der Waals surface area contributed by atoms with Crippen LogP contribution in [0.2, 0.25) is 0 Å². The van der Waals surface area contributed by atoms with E-state index in [1.54, 1.807) is 0 Å². The smallest absolute Gasteiger partial charge is 0.253 e. The lowest BCUT2D eigenvalue weighted by Gasteiger charge is -2.03. The van der Waals surface area contributed by atoms with E-state index >= 15 is 0 Å². The predicted octanol–water partition coefficient (Wildman–Crippen LogP) is 0.824. The zero-order valence-corrected chi connectivity index (χ0v) is 8.02. The Balaban J connectivity index is 2.93. The molecule has 0 saturated carbocycles. The van der Waals surface area contributed by atoms with Gasteiger partial charge in [-0.05, 0) is 6.07 Å². The average Bonchev–Trinajstić information content (AvgIpc) is 2.12. The van der Waals surface area contributed by atoms with Crippen LogP contribution < -0.4 is 5.14 Å². The summed E-state index contributed by atoms with van der Waals surface area (Å²) in [5.41, 5.74) is -0.442. The van der Waals surface area contributed by atoms with Crippen molar-refractivity contribution in [2.24, 2.45) is 5.14 Å². The van der Waals surface area contributed by atoms with Crippen molar-refractivity contribution in [1.82, 2.24) is 0 Å². The van der Waals surface area contributed by atoms with Crippen molar-refractivity contribution >= 4 is 10.3 Å². The monoisotopic (exact) mass is 241 g/mol. The molecule has 1 rings (SSSR count). The minimum absolute atomic E-state index is 0.442. The van der Waals surface area contributed by atoms with E-state index < -0.39 is 39.9 Å². The third-order valence-electron chi connectivity index (χ3n) is 1.49. The number of halogens is 3. The van der Waals surface area contributed by atoms with Gasteiger partial charge in [-0.2, -0.15) is 8.42 Å². The molecule has 0 aliphatic carbocycles. The van der Waals surface area contributed by atoms with Crippen LogP contribution in [0.3, 0.4) is 0 Å². The number of benzene rings is 1. The highest BCUT2D eigenvalue weighted by atomic mass is 32.2. The first-order valence-corrected chi connectivity index (χ1v) is 5.08. The van der Waals surface area contributed by atoms with Gasteiger partial charge in [-0.25, -0.2) is 18.3 Å². The molecule has 0 aliphatic rings. The molecule has 84 valence electrons. The third kappa shape index (κ3) is 3.18. The normalized spacial score (nSPS) is 11.7. The lowest BCUT2D eigenvalue weighted by Crippen LogP contribution is -2.16. The summed E-state index contributed by atoms with van der Waals surface area (Å²) >= 11 is 0. The van der Waals surface area contributed by atoms with Crippen LogP contribution in [-0.2, 0) is 21.1 Å². The van der Waals surface area contributed by atoms with Gasteiger partial charge in [-0.3, -0.25) is 4.18 Å². The molecule has 0 unspecified atom stereocenters. The largest absolute Gasteiger partial charge is 0.333 e. The van der Waals surface area contributed by atoms with E-state index in [0.29, 0.717) is 6.07 Å². The Morgan fingerprint density at radius 1 is 1.20 bits per heavy atom. The summed E-state index contributed by atoms with van der Waals surface area (Å²) in [4.78, 5) is 0. The second-order valence-electron chi connectivity index (χ2n) is 2.59. The van der Waals surface area contributed by atoms with Crippen molar-refractivity contribution in [1.29, 1.82) is 0 Å². The Bertz CT molecular complexity index is 475. The Hall–Kier alpha value is -1.12. The molecule has 15 heavy (non-hydrogen) atoms. The second kappa shape index (κ2) is 4.17. The van der Waals surface area contributed by atoms with Gasteiger partial charge in [0, 0.05) is 5.56 Å². The Morgan fingerprint density at radius 2 is 1.80 bits per heavy atom. The maximum atomic E-state index is 12.9. The Morgan fingerprint density at radius 3 is 2.33 bits per heavy atom. The molecular weight excluding hydrogens is 235 g/mol. The standard InChI is InChI=1S/C7H6F3NO3S/c8-5-2-1-4(6(9)7(5)10)3-14-15(11,12)13/h1-2H,3H2,(H2,11,12,13). The molecule has 4 nitrogen and oxygen atoms in total. The van der Waals surface area contributed by atoms with Crippen LogP contribution in [0.1, 0.15) is 5.56 Å². The summed E-state index contributed by atoms with van der Waals surface area (Å²) in [6.07, 6.45) is 0. The van der Waals surface area contributed by atoms with Gasteiger partial charge in [0.1, 0.15) is 0 Å². The van der Waals surface area contributed by atoms with Gasteiger partial charge in [0.25, 0.3) is 0 Å². The maximum Gasteiger partial charge on any atom is 0.333 e. The molecule has 0 atom stereocenters. The summed E-state index contributed by atoms with van der Waals surface area (Å²) < 4.78 is 62.6. The van der Waals surface area contributed by atoms with Crippen LogP contribution in [0.25, 0.3) is 0 Å². The zero-order valence-electron chi connectivity index (χ0n) is 7.21. The van der Waals surface area contributed by atoms with Crippen molar-refractivity contribution in [2.45, 2.75) is 6.61 Å². The van der Waals surface area contributed by atoms with E-state index in [4.69, 9.17) is 0 Å². The fourth-order valence-electron chi connectivity index (χ4n) is 0.823. The Labute approximate surface area is 83.7 Å². The molecular formula is C7H6F3NO3S. The quantitative estimate of drug-likeness (QED) is 0.796. The second-order valence-corrected chi connectivity index (χ2v) is 3.81. The minimum atomic E-state index is -4.24. The first-order valence-electron chi connectivity index (χ1n) is 3.61. The van der Waals surface area contributed by atoms with Gasteiger partial charge in [0.2, 0.25) is 0 Å². The highest BCUT2D eigenvalue weighted by Gasteiger charge is 2.14. The fraction of sp³-hybridized carbons (Fsp3) is 0.143. The van der Waals surface area contributed by atoms with Crippen LogP contribution in [0.5, 0.6) is 0 Å². The fourth-order valence-corrected chi connectivity index (χ4v) is 1.11. The molecule has 0 spiro atoms. The summed E-state index contributed by atoms with van der Waals surface area (Å²) in [7, 11) is -4.24. The minimum Gasteiger partial charge on any atom is -0.253 e. The molecule has 1 aromatic carbocycles. The summed E-state index contributed by atoms with van der Waals surface area (Å²) in [5, 5.41) is 4.46. The van der Waals surface area contributed by atoms with Crippen LogP contribution in [-0.4, -0.2) is 8.42 Å². The highest BCUT2D eigenvalue weighted by molar-refractivity contribution is 7.84.